The first-order chi connectivity index (χ1) is 7.56. The van der Waals surface area contributed by atoms with Crippen LogP contribution in [-0.4, -0.2) is 52.3 Å². The molecule has 3 atom stereocenters. The van der Waals surface area contributed by atoms with Crippen molar-refractivity contribution in [1.29, 1.82) is 0 Å². The van der Waals surface area contributed by atoms with Gasteiger partial charge < -0.3 is 4.74 Å². The highest BCUT2D eigenvalue weighted by molar-refractivity contribution is 7.85. The lowest BCUT2D eigenvalue weighted by atomic mass is 10.2. The molecule has 0 N–H and O–H groups in total. The first-order valence-electron chi connectivity index (χ1n) is 5.74. The van der Waals surface area contributed by atoms with Crippen LogP contribution >= 0.6 is 0 Å². The van der Waals surface area contributed by atoms with Crippen molar-refractivity contribution < 1.29 is 13.7 Å². The molecule has 0 unspecified atom stereocenters. The Balaban J connectivity index is 2.32. The molecule has 1 fully saturated rings. The van der Waals surface area contributed by atoms with Gasteiger partial charge in [-0.05, 0) is 26.8 Å². The Morgan fingerprint density at radius 1 is 1.50 bits per heavy atom. The van der Waals surface area contributed by atoms with Crippen LogP contribution in [-0.2, 0) is 20.3 Å². The van der Waals surface area contributed by atoms with E-state index in [4.69, 9.17) is 0 Å². The number of hydrogen-bond donors (Lipinski definition) is 0. The summed E-state index contributed by atoms with van der Waals surface area (Å²) in [5.74, 6) is 0.602. The molecule has 0 radical (unpaired) electrons. The van der Waals surface area contributed by atoms with Crippen LogP contribution in [0.3, 0.4) is 0 Å². The molecule has 0 bridgehead atoms. The lowest BCUT2D eigenvalue weighted by Crippen LogP contribution is -2.50. The molecular weight excluding hydrogens is 226 g/mol. The third-order valence-corrected chi connectivity index (χ3v) is 5.11. The first kappa shape index (κ1) is 13.6. The van der Waals surface area contributed by atoms with Gasteiger partial charge in [0.15, 0.2) is 0 Å². The highest BCUT2D eigenvalue weighted by Crippen LogP contribution is 2.16. The number of methoxy groups -OCH3 is 1. The summed E-state index contributed by atoms with van der Waals surface area (Å²) >= 11 is 0. The average Bonchev–Trinajstić information content (AvgIpc) is 2.29. The third kappa shape index (κ3) is 3.56. The van der Waals surface area contributed by atoms with Crippen LogP contribution in [0, 0.1) is 0 Å². The van der Waals surface area contributed by atoms with Gasteiger partial charge in [-0.3, -0.25) is 13.9 Å². The second-order valence-electron chi connectivity index (χ2n) is 4.25. The molecule has 1 rings (SSSR count). The molecule has 1 aliphatic heterocycles. The van der Waals surface area contributed by atoms with Gasteiger partial charge in [0, 0.05) is 40.8 Å². The summed E-state index contributed by atoms with van der Waals surface area (Å²) in [6.07, 6.45) is 1.29. The first-order valence-corrected chi connectivity index (χ1v) is 7.12. The van der Waals surface area contributed by atoms with Crippen molar-refractivity contribution in [2.75, 3.05) is 26.0 Å². The Kier molecular flexibility index (Phi) is 5.41. The molecule has 0 saturated carbocycles. The Morgan fingerprint density at radius 3 is 2.81 bits per heavy atom. The minimum Gasteiger partial charge on any atom is -0.469 e. The smallest absolute Gasteiger partial charge is 0.305 e. The maximum Gasteiger partial charge on any atom is 0.305 e. The van der Waals surface area contributed by atoms with Crippen LogP contribution in [0.2, 0.25) is 0 Å². The van der Waals surface area contributed by atoms with Gasteiger partial charge >= 0.3 is 5.97 Å². The molecule has 0 aromatic carbocycles. The molecule has 0 aromatic heterocycles. The van der Waals surface area contributed by atoms with E-state index in [9.17, 15) is 9.00 Å². The fourth-order valence-corrected chi connectivity index (χ4v) is 3.35. The number of nitrogens with zero attached hydrogens (tertiary/aromatic N) is 1. The van der Waals surface area contributed by atoms with Gasteiger partial charge in [-0.15, -0.1) is 0 Å². The maximum absolute atomic E-state index is 11.6. The maximum atomic E-state index is 11.6. The highest BCUT2D eigenvalue weighted by Gasteiger charge is 2.29. The average molecular weight is 247 g/mol. The molecule has 94 valence electrons. The van der Waals surface area contributed by atoms with Crippen LogP contribution in [0.5, 0.6) is 0 Å². The van der Waals surface area contributed by atoms with Gasteiger partial charge in [0.25, 0.3) is 0 Å². The van der Waals surface area contributed by atoms with E-state index in [1.165, 1.54) is 7.11 Å². The van der Waals surface area contributed by atoms with Crippen molar-refractivity contribution in [3.63, 3.8) is 0 Å². The van der Waals surface area contributed by atoms with Crippen molar-refractivity contribution in [2.24, 2.45) is 0 Å². The predicted octanol–water partition coefficient (Wildman–Crippen LogP) is 0.781. The van der Waals surface area contributed by atoms with Gasteiger partial charge in [0.05, 0.1) is 7.11 Å². The van der Waals surface area contributed by atoms with Gasteiger partial charge in [-0.25, -0.2) is 0 Å². The zero-order chi connectivity index (χ0) is 12.1. The molecule has 0 aromatic rings. The van der Waals surface area contributed by atoms with Crippen molar-refractivity contribution in [3.8, 4) is 0 Å². The van der Waals surface area contributed by atoms with Gasteiger partial charge in [0.1, 0.15) is 0 Å². The zero-order valence-electron chi connectivity index (χ0n) is 10.3. The van der Waals surface area contributed by atoms with E-state index in [0.29, 0.717) is 12.5 Å². The molecular formula is C11H21NO3S. The molecule has 1 saturated heterocycles. The highest BCUT2D eigenvalue weighted by atomic mass is 32.2. The summed E-state index contributed by atoms with van der Waals surface area (Å²) in [5, 5.41) is 0.229. The van der Waals surface area contributed by atoms with Gasteiger partial charge in [0.2, 0.25) is 0 Å². The lowest BCUT2D eigenvalue weighted by molar-refractivity contribution is -0.140. The fourth-order valence-electron chi connectivity index (χ4n) is 1.96. The molecule has 1 aliphatic rings. The quantitative estimate of drug-likeness (QED) is 0.689. The molecule has 5 heteroatoms. The molecule has 0 aliphatic carbocycles. The summed E-state index contributed by atoms with van der Waals surface area (Å²) in [4.78, 5) is 13.3. The van der Waals surface area contributed by atoms with E-state index in [0.717, 1.165) is 25.3 Å². The predicted molar refractivity (Wildman–Crippen MR) is 64.8 cm³/mol. The van der Waals surface area contributed by atoms with Crippen molar-refractivity contribution in [1.82, 2.24) is 4.90 Å². The normalized spacial score (nSPS) is 31.3. The minimum atomic E-state index is -0.685. The number of hydrogen-bond acceptors (Lipinski definition) is 4. The SMILES string of the molecule is COC(=O)CCCN1CC[S@](=O)[C@H](C)[C@@H]1C. The van der Waals surface area contributed by atoms with Gasteiger partial charge in [-0.1, -0.05) is 0 Å². The van der Waals surface area contributed by atoms with E-state index < -0.39 is 10.8 Å². The summed E-state index contributed by atoms with van der Waals surface area (Å²) in [7, 11) is 0.729. The number of esters is 1. The number of carbonyl (C=O) groups is 1. The van der Waals surface area contributed by atoms with E-state index in [1.807, 2.05) is 6.92 Å². The van der Waals surface area contributed by atoms with Gasteiger partial charge in [-0.2, -0.15) is 0 Å². The number of ether oxygens (including phenoxy) is 1. The van der Waals surface area contributed by atoms with Crippen molar-refractivity contribution in [3.05, 3.63) is 0 Å². The Morgan fingerprint density at radius 2 is 2.19 bits per heavy atom. The standard InChI is InChI=1S/C11H21NO3S/c1-9-10(2)16(14)8-7-12(9)6-4-5-11(13)15-3/h9-10H,4-8H2,1-3H3/t9-,10+,16-/m0/s1. The molecule has 16 heavy (non-hydrogen) atoms. The van der Waals surface area contributed by atoms with Crippen LogP contribution in [0.15, 0.2) is 0 Å². The second-order valence-corrected chi connectivity index (χ2v) is 6.16. The Bertz CT molecular complexity index is 270. The molecule has 4 nitrogen and oxygen atoms in total. The van der Waals surface area contributed by atoms with Crippen molar-refractivity contribution in [2.45, 2.75) is 38.0 Å². The minimum absolute atomic E-state index is 0.152. The van der Waals surface area contributed by atoms with Crippen LogP contribution < -0.4 is 0 Å². The fraction of sp³-hybridized carbons (Fsp3) is 0.909. The van der Waals surface area contributed by atoms with Crippen LogP contribution in [0.4, 0.5) is 0 Å². The van der Waals surface area contributed by atoms with E-state index >= 15 is 0 Å². The van der Waals surface area contributed by atoms with Crippen LogP contribution in [0.25, 0.3) is 0 Å². The number of carbonyl (C=O) groups excluding carboxylic acids is 1. The molecule has 1 heterocycles. The van der Waals surface area contributed by atoms with E-state index in [1.54, 1.807) is 0 Å². The summed E-state index contributed by atoms with van der Waals surface area (Å²) < 4.78 is 16.2. The third-order valence-electron chi connectivity index (χ3n) is 3.30. The molecule has 0 amide bonds. The summed E-state index contributed by atoms with van der Waals surface area (Å²) in [5.41, 5.74) is 0. The summed E-state index contributed by atoms with van der Waals surface area (Å²) in [6, 6.07) is 0.340. The van der Waals surface area contributed by atoms with Crippen molar-refractivity contribution >= 4 is 16.8 Å². The summed E-state index contributed by atoms with van der Waals surface area (Å²) in [6.45, 7) is 5.91. The van der Waals surface area contributed by atoms with Crippen LogP contribution in [0.1, 0.15) is 26.7 Å². The Hall–Kier alpha value is -0.420. The largest absolute Gasteiger partial charge is 0.469 e. The topological polar surface area (TPSA) is 46.6 Å². The number of rotatable bonds is 4. The lowest BCUT2D eigenvalue weighted by Gasteiger charge is -2.37. The molecule has 0 spiro atoms. The van der Waals surface area contributed by atoms with E-state index in [2.05, 4.69) is 16.6 Å². The zero-order valence-corrected chi connectivity index (χ0v) is 11.1. The second kappa shape index (κ2) is 6.35. The monoisotopic (exact) mass is 247 g/mol. The van der Waals surface area contributed by atoms with E-state index in [-0.39, 0.29) is 11.2 Å². The Labute approximate surface area is 99.8 Å².